The van der Waals surface area contributed by atoms with Gasteiger partial charge in [0.05, 0.1) is 4.90 Å². The van der Waals surface area contributed by atoms with Crippen LogP contribution in [0.1, 0.15) is 22.3 Å². The number of aryl methyl sites for hydroxylation is 3. The predicted octanol–water partition coefficient (Wildman–Crippen LogP) is 5.22. The van der Waals surface area contributed by atoms with Crippen LogP contribution in [0.15, 0.2) is 71.6 Å². The van der Waals surface area contributed by atoms with E-state index in [4.69, 9.17) is 4.74 Å². The van der Waals surface area contributed by atoms with Crippen molar-refractivity contribution >= 4 is 10.0 Å². The molecule has 0 aliphatic carbocycles. The minimum atomic E-state index is -3.59. The van der Waals surface area contributed by atoms with Gasteiger partial charge in [-0.2, -0.15) is 4.31 Å². The van der Waals surface area contributed by atoms with Crippen LogP contribution in [0, 0.1) is 20.8 Å². The summed E-state index contributed by atoms with van der Waals surface area (Å²) in [4.78, 5) is 0.386. The van der Waals surface area contributed by atoms with E-state index >= 15 is 0 Å². The fourth-order valence-corrected chi connectivity index (χ4v) is 4.97. The summed E-state index contributed by atoms with van der Waals surface area (Å²) in [6.07, 6.45) is 0. The van der Waals surface area contributed by atoms with Crippen molar-refractivity contribution in [3.63, 3.8) is 0 Å². The summed E-state index contributed by atoms with van der Waals surface area (Å²) in [6, 6.07) is 20.8. The van der Waals surface area contributed by atoms with Crippen molar-refractivity contribution in [1.29, 1.82) is 0 Å². The molecule has 0 saturated carbocycles. The lowest BCUT2D eigenvalue weighted by Crippen LogP contribution is -2.27. The van der Waals surface area contributed by atoms with Gasteiger partial charge in [0.2, 0.25) is 10.0 Å². The molecule has 0 saturated heterocycles. The number of benzene rings is 3. The Morgan fingerprint density at radius 1 is 0.821 bits per heavy atom. The molecule has 0 bridgehead atoms. The van der Waals surface area contributed by atoms with Gasteiger partial charge in [0.25, 0.3) is 0 Å². The van der Waals surface area contributed by atoms with E-state index in [-0.39, 0.29) is 6.54 Å². The molecular formula is C23H25NO3S. The monoisotopic (exact) mass is 395 g/mol. The Kier molecular flexibility index (Phi) is 5.87. The highest BCUT2D eigenvalue weighted by atomic mass is 32.2. The molecule has 5 heteroatoms. The second kappa shape index (κ2) is 8.17. The van der Waals surface area contributed by atoms with E-state index in [1.807, 2.05) is 87.5 Å². The second-order valence-electron chi connectivity index (χ2n) is 7.05. The maximum absolute atomic E-state index is 13.2. The van der Waals surface area contributed by atoms with Crippen LogP contribution in [0.5, 0.6) is 11.5 Å². The Balaban J connectivity index is 1.83. The van der Waals surface area contributed by atoms with Gasteiger partial charge < -0.3 is 4.74 Å². The third kappa shape index (κ3) is 4.43. The van der Waals surface area contributed by atoms with Crippen molar-refractivity contribution < 1.29 is 13.2 Å². The lowest BCUT2D eigenvalue weighted by Gasteiger charge is -2.21. The molecular weight excluding hydrogens is 370 g/mol. The zero-order valence-corrected chi connectivity index (χ0v) is 17.5. The van der Waals surface area contributed by atoms with Crippen LogP contribution < -0.4 is 4.74 Å². The Morgan fingerprint density at radius 2 is 1.43 bits per heavy atom. The lowest BCUT2D eigenvalue weighted by molar-refractivity contribution is 0.460. The van der Waals surface area contributed by atoms with Crippen molar-refractivity contribution in [2.75, 3.05) is 7.05 Å². The fourth-order valence-electron chi connectivity index (χ4n) is 3.40. The van der Waals surface area contributed by atoms with Crippen molar-refractivity contribution in [1.82, 2.24) is 4.31 Å². The van der Waals surface area contributed by atoms with E-state index in [0.717, 1.165) is 28.0 Å². The number of rotatable bonds is 6. The molecule has 0 fully saturated rings. The normalized spacial score (nSPS) is 11.6. The smallest absolute Gasteiger partial charge is 0.243 e. The summed E-state index contributed by atoms with van der Waals surface area (Å²) in [7, 11) is -1.98. The van der Waals surface area contributed by atoms with E-state index in [1.165, 1.54) is 4.31 Å². The van der Waals surface area contributed by atoms with Crippen LogP contribution in [-0.4, -0.2) is 19.8 Å². The van der Waals surface area contributed by atoms with E-state index < -0.39 is 10.0 Å². The van der Waals surface area contributed by atoms with Gasteiger partial charge in [-0.25, -0.2) is 8.42 Å². The molecule has 3 aromatic rings. The lowest BCUT2D eigenvalue weighted by atomic mass is 10.1. The zero-order chi connectivity index (χ0) is 20.3. The molecule has 146 valence electrons. The summed E-state index contributed by atoms with van der Waals surface area (Å²) < 4.78 is 33.6. The highest BCUT2D eigenvalue weighted by Crippen LogP contribution is 2.27. The molecule has 0 atom stereocenters. The van der Waals surface area contributed by atoms with E-state index in [9.17, 15) is 8.42 Å². The highest BCUT2D eigenvalue weighted by molar-refractivity contribution is 7.89. The largest absolute Gasteiger partial charge is 0.457 e. The molecule has 0 radical (unpaired) electrons. The maximum Gasteiger partial charge on any atom is 0.243 e. The molecule has 0 heterocycles. The SMILES string of the molecule is Cc1cc(C)c(S(=O)(=O)N(C)Cc2cccc(Oc3ccccc3)c2)c(C)c1. The summed E-state index contributed by atoms with van der Waals surface area (Å²) in [5, 5.41) is 0. The number of hydrogen-bond acceptors (Lipinski definition) is 3. The van der Waals surface area contributed by atoms with Crippen molar-refractivity contribution in [3.05, 3.63) is 89.0 Å². The van der Waals surface area contributed by atoms with Gasteiger partial charge >= 0.3 is 0 Å². The molecule has 0 aromatic heterocycles. The minimum absolute atomic E-state index is 0.265. The van der Waals surface area contributed by atoms with Gasteiger partial charge in [-0.15, -0.1) is 0 Å². The fraction of sp³-hybridized carbons (Fsp3) is 0.217. The Hall–Kier alpha value is -2.63. The summed E-state index contributed by atoms with van der Waals surface area (Å²) in [6.45, 7) is 5.92. The van der Waals surface area contributed by atoms with E-state index in [2.05, 4.69) is 0 Å². The molecule has 0 unspecified atom stereocenters. The van der Waals surface area contributed by atoms with Gasteiger partial charge in [0.15, 0.2) is 0 Å². The average Bonchev–Trinajstić information content (AvgIpc) is 2.61. The van der Waals surface area contributed by atoms with Gasteiger partial charge in [-0.1, -0.05) is 48.0 Å². The van der Waals surface area contributed by atoms with Crippen molar-refractivity contribution in [2.24, 2.45) is 0 Å². The van der Waals surface area contributed by atoms with Gasteiger partial charge in [0.1, 0.15) is 11.5 Å². The number of sulfonamides is 1. The van der Waals surface area contributed by atoms with Crippen LogP contribution in [-0.2, 0) is 16.6 Å². The molecule has 0 amide bonds. The van der Waals surface area contributed by atoms with E-state index in [1.54, 1.807) is 7.05 Å². The molecule has 0 aliphatic rings. The number of nitrogens with zero attached hydrogens (tertiary/aromatic N) is 1. The molecule has 3 rings (SSSR count). The standard InChI is InChI=1S/C23H25NO3S/c1-17-13-18(2)23(19(3)14-17)28(25,26)24(4)16-20-9-8-12-22(15-20)27-21-10-6-5-7-11-21/h5-15H,16H2,1-4H3. The summed E-state index contributed by atoms with van der Waals surface area (Å²) in [5.41, 5.74) is 3.46. The first kappa shape index (κ1) is 20.1. The molecule has 0 N–H and O–H groups in total. The van der Waals surface area contributed by atoms with Crippen molar-refractivity contribution in [3.8, 4) is 11.5 Å². The number of hydrogen-bond donors (Lipinski definition) is 0. The van der Waals surface area contributed by atoms with Crippen LogP contribution in [0.3, 0.4) is 0 Å². The number of para-hydroxylation sites is 1. The van der Waals surface area contributed by atoms with Crippen LogP contribution in [0.25, 0.3) is 0 Å². The Bertz CT molecular complexity index is 1050. The van der Waals surface area contributed by atoms with Crippen LogP contribution in [0.2, 0.25) is 0 Å². The first-order valence-corrected chi connectivity index (χ1v) is 10.6. The zero-order valence-electron chi connectivity index (χ0n) is 16.6. The maximum atomic E-state index is 13.2. The van der Waals surface area contributed by atoms with Crippen LogP contribution in [0.4, 0.5) is 0 Å². The minimum Gasteiger partial charge on any atom is -0.457 e. The van der Waals surface area contributed by atoms with Crippen LogP contribution >= 0.6 is 0 Å². The third-order valence-corrected chi connectivity index (χ3v) is 6.67. The van der Waals surface area contributed by atoms with Gasteiger partial charge in [-0.3, -0.25) is 0 Å². The van der Waals surface area contributed by atoms with Crippen molar-refractivity contribution in [2.45, 2.75) is 32.2 Å². The number of ether oxygens (including phenoxy) is 1. The summed E-state index contributed by atoms with van der Waals surface area (Å²) in [5.74, 6) is 1.42. The third-order valence-electron chi connectivity index (χ3n) is 4.56. The first-order chi connectivity index (χ1) is 13.3. The summed E-state index contributed by atoms with van der Waals surface area (Å²) >= 11 is 0. The molecule has 0 aliphatic heterocycles. The predicted molar refractivity (Wildman–Crippen MR) is 112 cm³/mol. The van der Waals surface area contributed by atoms with Gasteiger partial charge in [-0.05, 0) is 61.7 Å². The first-order valence-electron chi connectivity index (χ1n) is 9.13. The molecule has 28 heavy (non-hydrogen) atoms. The molecule has 4 nitrogen and oxygen atoms in total. The topological polar surface area (TPSA) is 46.6 Å². The second-order valence-corrected chi connectivity index (χ2v) is 9.03. The Morgan fingerprint density at radius 3 is 2.07 bits per heavy atom. The Labute approximate surface area is 167 Å². The van der Waals surface area contributed by atoms with E-state index in [0.29, 0.717) is 10.6 Å². The highest BCUT2D eigenvalue weighted by Gasteiger charge is 2.25. The quantitative estimate of drug-likeness (QED) is 0.574. The average molecular weight is 396 g/mol. The molecule has 0 spiro atoms. The molecule has 3 aromatic carbocycles. The van der Waals surface area contributed by atoms with Gasteiger partial charge in [0, 0.05) is 13.6 Å².